The zero-order valence-corrected chi connectivity index (χ0v) is 16.5. The normalized spacial score (nSPS) is 15.1. The SMILES string of the molecule is FC(F)F.O=S(Nc1cnn(C2CCC2)c1OCl)c1c[nH]c2cc(Cl)ccc12. The number of H-pyrrole nitrogens is 1. The number of hydrogen-bond donors (Lipinski definition) is 2. The first-order valence-corrected chi connectivity index (χ1v) is 9.97. The lowest BCUT2D eigenvalue weighted by molar-refractivity contribution is 0.00819. The van der Waals surface area contributed by atoms with Gasteiger partial charge in [0.15, 0.2) is 11.0 Å². The van der Waals surface area contributed by atoms with Crippen molar-refractivity contribution in [1.29, 1.82) is 0 Å². The fourth-order valence-corrected chi connectivity index (χ4v) is 4.09. The molecule has 152 valence electrons. The molecule has 4 rings (SSSR count). The van der Waals surface area contributed by atoms with Crippen LogP contribution in [0.3, 0.4) is 0 Å². The van der Waals surface area contributed by atoms with Gasteiger partial charge >= 0.3 is 6.68 Å². The van der Waals surface area contributed by atoms with Crippen molar-refractivity contribution < 1.29 is 21.7 Å². The van der Waals surface area contributed by atoms with Gasteiger partial charge in [-0.25, -0.2) is 8.89 Å². The van der Waals surface area contributed by atoms with E-state index in [-0.39, 0.29) is 6.04 Å². The third kappa shape index (κ3) is 4.56. The van der Waals surface area contributed by atoms with Crippen molar-refractivity contribution in [3.63, 3.8) is 0 Å². The molecule has 2 N–H and O–H groups in total. The number of halogens is 5. The number of benzene rings is 1. The highest BCUT2D eigenvalue weighted by atomic mass is 35.5. The van der Waals surface area contributed by atoms with Gasteiger partial charge in [-0.05, 0) is 31.4 Å². The Morgan fingerprint density at radius 1 is 1.36 bits per heavy atom. The summed E-state index contributed by atoms with van der Waals surface area (Å²) in [7, 11) is -1.50. The molecule has 1 fully saturated rings. The number of aromatic amines is 1. The summed E-state index contributed by atoms with van der Waals surface area (Å²) >= 11 is 11.6. The standard InChI is InChI=1S/C15H14Cl2N4O2S.CHF3/c16-9-4-5-11-12(6-9)18-8-14(11)24(22)20-13-7-19-21(15(13)23-17)10-2-1-3-10;2-1(3)4/h4-8,10,18,20H,1-3H2;1H. The highest BCUT2D eigenvalue weighted by Crippen LogP contribution is 2.38. The Kier molecular flexibility index (Phi) is 6.73. The van der Waals surface area contributed by atoms with Crippen molar-refractivity contribution in [2.45, 2.75) is 36.9 Å². The molecule has 1 aliphatic carbocycles. The second-order valence-electron chi connectivity index (χ2n) is 5.93. The maximum Gasteiger partial charge on any atom is 0.379 e. The molecule has 1 unspecified atom stereocenters. The van der Waals surface area contributed by atoms with Gasteiger partial charge in [0, 0.05) is 22.1 Å². The number of rotatable bonds is 5. The number of hydrogen-bond acceptors (Lipinski definition) is 3. The van der Waals surface area contributed by atoms with E-state index in [0.717, 1.165) is 23.7 Å². The molecular weight excluding hydrogens is 440 g/mol. The Morgan fingerprint density at radius 2 is 2.07 bits per heavy atom. The van der Waals surface area contributed by atoms with Crippen LogP contribution in [-0.2, 0) is 11.0 Å². The Hall–Kier alpha value is -1.91. The zero-order valence-electron chi connectivity index (χ0n) is 14.2. The van der Waals surface area contributed by atoms with Crippen LogP contribution in [0.25, 0.3) is 10.9 Å². The Labute approximate surface area is 170 Å². The first-order valence-electron chi connectivity index (χ1n) is 8.14. The molecular formula is C16H15Cl2F3N4O2S. The summed E-state index contributed by atoms with van der Waals surface area (Å²) in [5, 5.41) is 5.76. The molecule has 6 nitrogen and oxygen atoms in total. The fourth-order valence-electron chi connectivity index (χ4n) is 2.77. The van der Waals surface area contributed by atoms with Crippen LogP contribution in [0.4, 0.5) is 18.9 Å². The number of nitrogens with zero attached hydrogens (tertiary/aromatic N) is 2. The molecule has 28 heavy (non-hydrogen) atoms. The molecule has 1 aliphatic rings. The van der Waals surface area contributed by atoms with Gasteiger partial charge in [0.2, 0.25) is 0 Å². The lowest BCUT2D eigenvalue weighted by atomic mass is 9.93. The Morgan fingerprint density at radius 3 is 2.68 bits per heavy atom. The summed E-state index contributed by atoms with van der Waals surface area (Å²) in [6.45, 7) is -3.67. The Balaban J connectivity index is 0.000000516. The van der Waals surface area contributed by atoms with Gasteiger partial charge in [-0.1, -0.05) is 17.7 Å². The lowest BCUT2D eigenvalue weighted by Crippen LogP contribution is -2.18. The summed E-state index contributed by atoms with van der Waals surface area (Å²) in [6.07, 6.45) is 6.53. The van der Waals surface area contributed by atoms with Crippen LogP contribution in [0.1, 0.15) is 25.3 Å². The number of fused-ring (bicyclic) bond motifs is 1. The van der Waals surface area contributed by atoms with Crippen LogP contribution >= 0.6 is 23.5 Å². The van der Waals surface area contributed by atoms with Crippen molar-refractivity contribution in [3.05, 3.63) is 35.6 Å². The van der Waals surface area contributed by atoms with Crippen LogP contribution in [0, 0.1) is 0 Å². The second kappa shape index (κ2) is 9.06. The van der Waals surface area contributed by atoms with Gasteiger partial charge in [0.1, 0.15) is 17.6 Å². The maximum absolute atomic E-state index is 12.7. The van der Waals surface area contributed by atoms with Gasteiger partial charge in [0.05, 0.1) is 17.1 Å². The van der Waals surface area contributed by atoms with E-state index >= 15 is 0 Å². The highest BCUT2D eigenvalue weighted by molar-refractivity contribution is 7.86. The molecule has 0 spiro atoms. The van der Waals surface area contributed by atoms with Gasteiger partial charge in [0.25, 0.3) is 5.88 Å². The lowest BCUT2D eigenvalue weighted by Gasteiger charge is -2.26. The van der Waals surface area contributed by atoms with E-state index in [2.05, 4.69) is 14.8 Å². The minimum absolute atomic E-state index is 0.290. The summed E-state index contributed by atoms with van der Waals surface area (Å²) in [5.74, 6) is 0.387. The van der Waals surface area contributed by atoms with Crippen molar-refractivity contribution in [3.8, 4) is 5.88 Å². The zero-order chi connectivity index (χ0) is 20.3. The average Bonchev–Trinajstić information content (AvgIpc) is 3.16. The van der Waals surface area contributed by atoms with Crippen molar-refractivity contribution >= 4 is 51.0 Å². The van der Waals surface area contributed by atoms with Crippen LogP contribution in [0.5, 0.6) is 5.88 Å². The van der Waals surface area contributed by atoms with Crippen molar-refractivity contribution in [2.24, 2.45) is 0 Å². The Bertz CT molecular complexity index is 975. The molecule has 2 aromatic heterocycles. The fraction of sp³-hybridized carbons (Fsp3) is 0.312. The van der Waals surface area contributed by atoms with E-state index in [1.165, 1.54) is 6.42 Å². The summed E-state index contributed by atoms with van der Waals surface area (Å²) in [5.41, 5.74) is 1.32. The van der Waals surface area contributed by atoms with Gasteiger partial charge in [-0.2, -0.15) is 18.3 Å². The molecule has 0 saturated heterocycles. The molecule has 0 amide bonds. The van der Waals surface area contributed by atoms with Crippen LogP contribution in [0.2, 0.25) is 5.02 Å². The van der Waals surface area contributed by atoms with E-state index in [4.69, 9.17) is 27.8 Å². The van der Waals surface area contributed by atoms with Gasteiger partial charge < -0.3 is 9.27 Å². The minimum Gasteiger partial charge on any atom is -0.363 e. The predicted octanol–water partition coefficient (Wildman–Crippen LogP) is 5.59. The van der Waals surface area contributed by atoms with E-state index < -0.39 is 17.7 Å². The number of anilines is 1. The van der Waals surface area contributed by atoms with Crippen molar-refractivity contribution in [1.82, 2.24) is 14.8 Å². The van der Waals surface area contributed by atoms with Crippen molar-refractivity contribution in [2.75, 3.05) is 4.72 Å². The van der Waals surface area contributed by atoms with Crippen LogP contribution in [0.15, 0.2) is 35.5 Å². The monoisotopic (exact) mass is 454 g/mol. The topological polar surface area (TPSA) is 71.9 Å². The molecule has 1 aromatic carbocycles. The molecule has 12 heteroatoms. The highest BCUT2D eigenvalue weighted by Gasteiger charge is 2.26. The van der Waals surface area contributed by atoms with Gasteiger partial charge in [-0.3, -0.25) is 4.72 Å². The van der Waals surface area contributed by atoms with Crippen LogP contribution < -0.4 is 9.01 Å². The molecule has 2 heterocycles. The predicted molar refractivity (Wildman–Crippen MR) is 102 cm³/mol. The molecule has 3 aromatic rings. The number of aromatic nitrogens is 3. The second-order valence-corrected chi connectivity index (χ2v) is 7.70. The number of alkyl halides is 3. The molecule has 0 radical (unpaired) electrons. The molecule has 0 aliphatic heterocycles. The quantitative estimate of drug-likeness (QED) is 0.527. The first-order chi connectivity index (χ1) is 13.4. The van der Waals surface area contributed by atoms with E-state index in [1.54, 1.807) is 29.2 Å². The maximum atomic E-state index is 12.7. The third-order valence-corrected chi connectivity index (χ3v) is 5.78. The molecule has 1 atom stereocenters. The molecule has 0 bridgehead atoms. The molecule has 1 saturated carbocycles. The largest absolute Gasteiger partial charge is 0.379 e. The minimum atomic E-state index is -3.67. The summed E-state index contributed by atoms with van der Waals surface area (Å²) in [6, 6.07) is 5.68. The van der Waals surface area contributed by atoms with Crippen LogP contribution in [-0.4, -0.2) is 25.7 Å². The van der Waals surface area contributed by atoms with E-state index in [1.807, 2.05) is 6.07 Å². The smallest absolute Gasteiger partial charge is 0.363 e. The van der Waals surface area contributed by atoms with E-state index in [9.17, 15) is 17.4 Å². The third-order valence-electron chi connectivity index (χ3n) is 4.25. The summed E-state index contributed by atoms with van der Waals surface area (Å²) in [4.78, 5) is 3.69. The summed E-state index contributed by atoms with van der Waals surface area (Å²) < 4.78 is 51.3. The average molecular weight is 455 g/mol. The first kappa shape index (κ1) is 20.8. The van der Waals surface area contributed by atoms with E-state index in [0.29, 0.717) is 21.5 Å². The van der Waals surface area contributed by atoms with Gasteiger partial charge in [-0.15, -0.1) is 0 Å². The number of nitrogens with one attached hydrogen (secondary N) is 2.